The average Bonchev–Trinajstić information content (AvgIpc) is 2.34. The Labute approximate surface area is 119 Å². The lowest BCUT2D eigenvalue weighted by Gasteiger charge is -2.23. The second kappa shape index (κ2) is 6.13. The van der Waals surface area contributed by atoms with Crippen LogP contribution < -0.4 is 10.5 Å². The third kappa shape index (κ3) is 3.87. The Hall–Kier alpha value is -1.75. The standard InChI is InChI=1S/C15H23NO4/c1-15(2,3)9-7-10(11(16)5-6-13(17)18)14(19)12(8-9)20-4/h7-8,11,19H,5-6,16H2,1-4H3,(H,17,18). The summed E-state index contributed by atoms with van der Waals surface area (Å²) in [6.45, 7) is 6.14. The third-order valence-corrected chi connectivity index (χ3v) is 3.26. The van der Waals surface area contributed by atoms with E-state index < -0.39 is 12.0 Å². The van der Waals surface area contributed by atoms with Crippen molar-refractivity contribution in [3.05, 3.63) is 23.3 Å². The molecule has 0 aliphatic carbocycles. The number of methoxy groups -OCH3 is 1. The molecule has 0 radical (unpaired) electrons. The van der Waals surface area contributed by atoms with Gasteiger partial charge in [0.1, 0.15) is 0 Å². The average molecular weight is 281 g/mol. The summed E-state index contributed by atoms with van der Waals surface area (Å²) in [5.41, 5.74) is 7.38. The van der Waals surface area contributed by atoms with Crippen molar-refractivity contribution in [1.82, 2.24) is 0 Å². The molecule has 0 spiro atoms. The van der Waals surface area contributed by atoms with Crippen molar-refractivity contribution in [2.75, 3.05) is 7.11 Å². The minimum atomic E-state index is -0.904. The molecular weight excluding hydrogens is 258 g/mol. The monoisotopic (exact) mass is 281 g/mol. The van der Waals surface area contributed by atoms with Crippen LogP contribution in [0.25, 0.3) is 0 Å². The van der Waals surface area contributed by atoms with Gasteiger partial charge in [0, 0.05) is 18.0 Å². The van der Waals surface area contributed by atoms with Crippen LogP contribution in [0.1, 0.15) is 50.8 Å². The molecule has 1 rings (SSSR count). The number of hydrogen-bond acceptors (Lipinski definition) is 4. The van der Waals surface area contributed by atoms with E-state index in [-0.39, 0.29) is 24.0 Å². The van der Waals surface area contributed by atoms with Crippen molar-refractivity contribution >= 4 is 5.97 Å². The minimum absolute atomic E-state index is 0.0154. The first-order chi connectivity index (χ1) is 9.16. The molecule has 0 aliphatic rings. The second-order valence-electron chi connectivity index (χ2n) is 5.91. The van der Waals surface area contributed by atoms with Gasteiger partial charge in [-0.05, 0) is 29.5 Å². The van der Waals surface area contributed by atoms with Gasteiger partial charge in [-0.2, -0.15) is 0 Å². The van der Waals surface area contributed by atoms with Crippen molar-refractivity contribution < 1.29 is 19.7 Å². The predicted molar refractivity (Wildman–Crippen MR) is 77.2 cm³/mol. The lowest BCUT2D eigenvalue weighted by atomic mass is 9.84. The molecular formula is C15H23NO4. The Morgan fingerprint density at radius 2 is 2.00 bits per heavy atom. The molecule has 0 saturated carbocycles. The smallest absolute Gasteiger partial charge is 0.303 e. The molecule has 1 aromatic rings. The molecule has 1 unspecified atom stereocenters. The quantitative estimate of drug-likeness (QED) is 0.771. The number of aliphatic carboxylic acids is 1. The summed E-state index contributed by atoms with van der Waals surface area (Å²) in [4.78, 5) is 10.6. The number of carboxylic acids is 1. The van der Waals surface area contributed by atoms with E-state index in [0.29, 0.717) is 11.3 Å². The highest BCUT2D eigenvalue weighted by molar-refractivity contribution is 5.66. The zero-order valence-corrected chi connectivity index (χ0v) is 12.4. The van der Waals surface area contributed by atoms with E-state index in [2.05, 4.69) is 0 Å². The van der Waals surface area contributed by atoms with Gasteiger partial charge >= 0.3 is 5.97 Å². The fourth-order valence-corrected chi connectivity index (χ4v) is 1.94. The summed E-state index contributed by atoms with van der Waals surface area (Å²) in [5, 5.41) is 18.9. The molecule has 0 amide bonds. The minimum Gasteiger partial charge on any atom is -0.504 e. The molecule has 0 heterocycles. The van der Waals surface area contributed by atoms with E-state index in [1.165, 1.54) is 7.11 Å². The van der Waals surface area contributed by atoms with E-state index in [1.54, 1.807) is 6.07 Å². The third-order valence-electron chi connectivity index (χ3n) is 3.26. The maximum Gasteiger partial charge on any atom is 0.303 e. The number of ether oxygens (including phenoxy) is 1. The first kappa shape index (κ1) is 16.3. The van der Waals surface area contributed by atoms with Crippen LogP contribution in [0.4, 0.5) is 0 Å². The highest BCUT2D eigenvalue weighted by Gasteiger charge is 2.22. The fraction of sp³-hybridized carbons (Fsp3) is 0.533. The van der Waals surface area contributed by atoms with Crippen LogP contribution >= 0.6 is 0 Å². The Balaban J connectivity index is 3.20. The lowest BCUT2D eigenvalue weighted by Crippen LogP contribution is -2.16. The van der Waals surface area contributed by atoms with Gasteiger partial charge in [0.05, 0.1) is 7.11 Å². The first-order valence-electron chi connectivity index (χ1n) is 6.55. The number of phenolic OH excluding ortho intramolecular Hbond substituents is 1. The molecule has 0 fully saturated rings. The summed E-state index contributed by atoms with van der Waals surface area (Å²) in [5.74, 6) is -0.560. The van der Waals surface area contributed by atoms with Crippen LogP contribution in [0.3, 0.4) is 0 Å². The molecule has 4 N–H and O–H groups in total. The number of aromatic hydroxyl groups is 1. The van der Waals surface area contributed by atoms with Crippen molar-refractivity contribution in [3.63, 3.8) is 0 Å². The van der Waals surface area contributed by atoms with Crippen LogP contribution in [-0.4, -0.2) is 23.3 Å². The van der Waals surface area contributed by atoms with Crippen LogP contribution in [0.15, 0.2) is 12.1 Å². The van der Waals surface area contributed by atoms with Gasteiger partial charge in [-0.15, -0.1) is 0 Å². The second-order valence-corrected chi connectivity index (χ2v) is 5.91. The Bertz CT molecular complexity index is 491. The fourth-order valence-electron chi connectivity index (χ4n) is 1.94. The Morgan fingerprint density at radius 1 is 1.40 bits per heavy atom. The SMILES string of the molecule is COc1cc(C(C)(C)C)cc(C(N)CCC(=O)O)c1O. The normalized spacial score (nSPS) is 13.1. The van der Waals surface area contributed by atoms with Gasteiger partial charge < -0.3 is 20.7 Å². The number of carboxylic acid groups (broad SMARTS) is 1. The number of hydrogen-bond donors (Lipinski definition) is 3. The summed E-state index contributed by atoms with van der Waals surface area (Å²) in [6.07, 6.45) is 0.225. The van der Waals surface area contributed by atoms with Crippen LogP contribution in [-0.2, 0) is 10.2 Å². The molecule has 5 nitrogen and oxygen atoms in total. The summed E-state index contributed by atoms with van der Waals surface area (Å²) >= 11 is 0. The molecule has 1 aromatic carbocycles. The summed E-state index contributed by atoms with van der Waals surface area (Å²) in [7, 11) is 1.48. The van der Waals surface area contributed by atoms with Crippen molar-refractivity contribution in [3.8, 4) is 11.5 Å². The number of phenols is 1. The molecule has 0 aliphatic heterocycles. The van der Waals surface area contributed by atoms with E-state index in [0.717, 1.165) is 5.56 Å². The molecule has 112 valence electrons. The van der Waals surface area contributed by atoms with Gasteiger partial charge in [-0.25, -0.2) is 0 Å². The van der Waals surface area contributed by atoms with Crippen molar-refractivity contribution in [2.45, 2.75) is 45.1 Å². The van der Waals surface area contributed by atoms with Crippen molar-refractivity contribution in [2.24, 2.45) is 5.73 Å². The number of nitrogens with two attached hydrogens (primary N) is 1. The van der Waals surface area contributed by atoms with Gasteiger partial charge in [0.15, 0.2) is 11.5 Å². The van der Waals surface area contributed by atoms with E-state index >= 15 is 0 Å². The lowest BCUT2D eigenvalue weighted by molar-refractivity contribution is -0.137. The Morgan fingerprint density at radius 3 is 2.45 bits per heavy atom. The Kier molecular flexibility index (Phi) is 5.00. The van der Waals surface area contributed by atoms with E-state index in [9.17, 15) is 9.90 Å². The number of benzene rings is 1. The highest BCUT2D eigenvalue weighted by Crippen LogP contribution is 2.39. The van der Waals surface area contributed by atoms with Crippen molar-refractivity contribution in [1.29, 1.82) is 0 Å². The van der Waals surface area contributed by atoms with Crippen LogP contribution in [0.5, 0.6) is 11.5 Å². The topological polar surface area (TPSA) is 92.8 Å². The maximum atomic E-state index is 10.6. The van der Waals surface area contributed by atoms with Gasteiger partial charge in [0.2, 0.25) is 0 Å². The first-order valence-corrected chi connectivity index (χ1v) is 6.55. The summed E-state index contributed by atoms with van der Waals surface area (Å²) in [6, 6.07) is 3.06. The zero-order chi connectivity index (χ0) is 15.5. The maximum absolute atomic E-state index is 10.6. The molecule has 0 aromatic heterocycles. The number of rotatable bonds is 5. The van der Waals surface area contributed by atoms with Crippen LogP contribution in [0.2, 0.25) is 0 Å². The molecule has 0 bridgehead atoms. The van der Waals surface area contributed by atoms with Gasteiger partial charge in [0.25, 0.3) is 0 Å². The van der Waals surface area contributed by atoms with Gasteiger partial charge in [-0.1, -0.05) is 20.8 Å². The number of carbonyl (C=O) groups is 1. The highest BCUT2D eigenvalue weighted by atomic mass is 16.5. The zero-order valence-electron chi connectivity index (χ0n) is 12.4. The molecule has 1 atom stereocenters. The predicted octanol–water partition coefficient (Wildman–Crippen LogP) is 2.56. The van der Waals surface area contributed by atoms with E-state index in [1.807, 2.05) is 26.8 Å². The molecule has 0 saturated heterocycles. The molecule has 20 heavy (non-hydrogen) atoms. The van der Waals surface area contributed by atoms with E-state index in [4.69, 9.17) is 15.6 Å². The van der Waals surface area contributed by atoms with Gasteiger partial charge in [-0.3, -0.25) is 4.79 Å². The largest absolute Gasteiger partial charge is 0.504 e. The van der Waals surface area contributed by atoms with Crippen LogP contribution in [0, 0.1) is 0 Å². The summed E-state index contributed by atoms with van der Waals surface area (Å²) < 4.78 is 5.18. The molecule has 5 heteroatoms.